The third-order valence-electron chi connectivity index (χ3n) is 11.9. The fourth-order valence-electron chi connectivity index (χ4n) is 8.40. The molecule has 0 aliphatic rings. The third kappa shape index (κ3) is 7.46. The molecule has 0 saturated carbocycles. The molecular weight excluding hydrogens is 795 g/mol. The molecular formula is C51H23B10N3S. The minimum atomic E-state index is 0.102. The first-order valence-corrected chi connectivity index (χ1v) is 21.3. The number of hydrogen-bond acceptors (Lipinski definition) is 4. The highest BCUT2D eigenvalue weighted by Crippen LogP contribution is 2.42. The zero-order valence-corrected chi connectivity index (χ0v) is 35.6. The van der Waals surface area contributed by atoms with Gasteiger partial charge in [0, 0.05) is 36.9 Å². The van der Waals surface area contributed by atoms with Gasteiger partial charge in [0.05, 0.1) is 0 Å². The lowest BCUT2D eigenvalue weighted by Gasteiger charge is -2.25. The molecule has 0 spiro atoms. The van der Waals surface area contributed by atoms with Gasteiger partial charge in [0.25, 0.3) is 0 Å². The van der Waals surface area contributed by atoms with Crippen LogP contribution in [0.1, 0.15) is 0 Å². The predicted molar refractivity (Wildman–Crippen MR) is 285 cm³/mol. The van der Waals surface area contributed by atoms with E-state index in [-0.39, 0.29) is 54.6 Å². The number of benzene rings is 8. The van der Waals surface area contributed by atoms with E-state index in [1.54, 1.807) is 11.3 Å². The van der Waals surface area contributed by atoms with E-state index in [0.717, 1.165) is 59.1 Å². The van der Waals surface area contributed by atoms with Crippen molar-refractivity contribution < 1.29 is 0 Å². The zero-order chi connectivity index (χ0) is 45.3. The Bertz CT molecular complexity index is 3360. The first-order chi connectivity index (χ1) is 31.4. The number of thiophene rings is 1. The van der Waals surface area contributed by atoms with Crippen molar-refractivity contribution in [3.05, 3.63) is 140 Å². The van der Waals surface area contributed by atoms with Crippen LogP contribution in [0, 0.1) is 0 Å². The molecule has 8 aromatic carbocycles. The summed E-state index contributed by atoms with van der Waals surface area (Å²) in [5.74, 6) is 1.78. The van der Waals surface area contributed by atoms with Crippen LogP contribution in [0.5, 0.6) is 0 Å². The second-order valence-corrected chi connectivity index (χ2v) is 16.9. The van der Waals surface area contributed by atoms with Crippen molar-refractivity contribution in [3.8, 4) is 78.7 Å². The predicted octanol–water partition coefficient (Wildman–Crippen LogP) is 1.85. The topological polar surface area (TPSA) is 38.7 Å². The van der Waals surface area contributed by atoms with Crippen molar-refractivity contribution in [1.29, 1.82) is 0 Å². The molecule has 10 aromatic rings. The Balaban J connectivity index is 1.14. The molecule has 0 fully saturated rings. The molecule has 10 rings (SSSR count). The Morgan fingerprint density at radius 2 is 0.692 bits per heavy atom. The first-order valence-electron chi connectivity index (χ1n) is 20.5. The summed E-state index contributed by atoms with van der Waals surface area (Å²) in [6.07, 6.45) is 0. The second kappa shape index (κ2) is 16.9. The van der Waals surface area contributed by atoms with Gasteiger partial charge in [0.1, 0.15) is 78.5 Å². The Morgan fingerprint density at radius 3 is 1.22 bits per heavy atom. The zero-order valence-electron chi connectivity index (χ0n) is 34.8. The maximum absolute atomic E-state index is 6.63. The minimum Gasteiger partial charge on any atom is -0.208 e. The van der Waals surface area contributed by atoms with Crippen LogP contribution in [0.15, 0.2) is 140 Å². The van der Waals surface area contributed by atoms with Crippen LogP contribution in [0.4, 0.5) is 0 Å². The molecule has 3 nitrogen and oxygen atoms in total. The van der Waals surface area contributed by atoms with E-state index in [2.05, 4.69) is 48.5 Å². The van der Waals surface area contributed by atoms with Crippen LogP contribution in [0.2, 0.25) is 0 Å². The molecule has 0 amide bonds. The summed E-state index contributed by atoms with van der Waals surface area (Å²) in [7, 11) is 64.4. The Labute approximate surface area is 395 Å². The number of rotatable bonds is 7. The van der Waals surface area contributed by atoms with E-state index in [9.17, 15) is 0 Å². The van der Waals surface area contributed by atoms with Crippen molar-refractivity contribution in [3.63, 3.8) is 0 Å². The van der Waals surface area contributed by atoms with Crippen molar-refractivity contribution in [2.45, 2.75) is 0 Å². The maximum atomic E-state index is 6.63. The summed E-state index contributed by atoms with van der Waals surface area (Å²) in [4.78, 5) is 15.1. The van der Waals surface area contributed by atoms with Gasteiger partial charge >= 0.3 is 0 Å². The molecule has 278 valence electrons. The number of nitrogens with zero attached hydrogens (tertiary/aromatic N) is 3. The van der Waals surface area contributed by atoms with E-state index in [0.29, 0.717) is 39.7 Å². The van der Waals surface area contributed by atoms with Gasteiger partial charge in [0.2, 0.25) is 0 Å². The van der Waals surface area contributed by atoms with Crippen molar-refractivity contribution in [2.24, 2.45) is 0 Å². The molecule has 0 aliphatic heterocycles. The fraction of sp³-hybridized carbons (Fsp3) is 0. The van der Waals surface area contributed by atoms with Gasteiger partial charge in [-0.15, -0.1) is 44.1 Å². The van der Waals surface area contributed by atoms with Crippen LogP contribution in [0.25, 0.3) is 98.8 Å². The summed E-state index contributed by atoms with van der Waals surface area (Å²) in [5.41, 5.74) is 9.59. The smallest absolute Gasteiger partial charge is 0.164 e. The van der Waals surface area contributed by atoms with Gasteiger partial charge in [-0.1, -0.05) is 119 Å². The highest BCUT2D eigenvalue weighted by atomic mass is 32.1. The molecule has 0 bridgehead atoms. The van der Waals surface area contributed by atoms with E-state index in [4.69, 9.17) is 93.4 Å². The van der Waals surface area contributed by atoms with Crippen LogP contribution < -0.4 is 54.6 Å². The standard InChI is InChI=1S/C51H23B10N3S/c52-39-36(40(53)44(57)47(60)43(39)56)30-20-29(21-31(22-30)37-41(54)45(58)48(61)46(59)42(37)55)27-14-7-13-26(19-27)28-17-18-34-33(23-28)38-32(15-8-16-35(38)65-34)51-63-49(24-9-3-1-4-10-24)62-50(64-51)25-11-5-2-6-12-25/h1-23H. The highest BCUT2D eigenvalue weighted by Gasteiger charge is 2.20. The van der Waals surface area contributed by atoms with Gasteiger partial charge in [-0.05, 0) is 87.0 Å². The van der Waals surface area contributed by atoms with Gasteiger partial charge in [0.15, 0.2) is 17.5 Å². The van der Waals surface area contributed by atoms with Gasteiger partial charge in [-0.2, -0.15) is 0 Å². The van der Waals surface area contributed by atoms with Gasteiger partial charge in [-0.3, -0.25) is 0 Å². The molecule has 0 aliphatic carbocycles. The summed E-state index contributed by atoms with van der Waals surface area (Å²) in [5, 5.41) is 2.13. The summed E-state index contributed by atoms with van der Waals surface area (Å²) in [6, 6.07) is 46.6. The summed E-state index contributed by atoms with van der Waals surface area (Å²) < 4.78 is 2.24. The van der Waals surface area contributed by atoms with E-state index >= 15 is 0 Å². The van der Waals surface area contributed by atoms with Gasteiger partial charge in [-0.25, -0.2) is 15.0 Å². The Hall–Kier alpha value is -6.36. The van der Waals surface area contributed by atoms with Crippen LogP contribution >= 0.6 is 11.3 Å². The van der Waals surface area contributed by atoms with Crippen molar-refractivity contribution in [1.82, 2.24) is 15.0 Å². The lowest BCUT2D eigenvalue weighted by atomic mass is 9.59. The third-order valence-corrected chi connectivity index (χ3v) is 13.0. The highest BCUT2D eigenvalue weighted by molar-refractivity contribution is 7.26. The fourth-order valence-corrected chi connectivity index (χ4v) is 9.52. The van der Waals surface area contributed by atoms with Crippen LogP contribution in [-0.2, 0) is 0 Å². The molecule has 14 heteroatoms. The van der Waals surface area contributed by atoms with Crippen molar-refractivity contribution in [2.75, 3.05) is 0 Å². The largest absolute Gasteiger partial charge is 0.208 e. The van der Waals surface area contributed by atoms with Crippen LogP contribution in [0.3, 0.4) is 0 Å². The molecule has 0 unspecified atom stereocenters. The summed E-state index contributed by atoms with van der Waals surface area (Å²) in [6.45, 7) is 0. The molecule has 0 N–H and O–H groups in total. The second-order valence-electron chi connectivity index (χ2n) is 15.8. The van der Waals surface area contributed by atoms with E-state index in [1.165, 1.54) is 0 Å². The molecule has 20 radical (unpaired) electrons. The lowest BCUT2D eigenvalue weighted by Crippen LogP contribution is -2.55. The minimum absolute atomic E-state index is 0.102. The van der Waals surface area contributed by atoms with Crippen LogP contribution in [-0.4, -0.2) is 93.4 Å². The number of hydrogen-bond donors (Lipinski definition) is 0. The lowest BCUT2D eigenvalue weighted by molar-refractivity contribution is 1.08. The SMILES string of the molecule is [B]c1c([B])c([B])c(-c2cc(-c3cccc(-c4ccc5sc6cccc(-c7nc(-c8ccccc8)nc(-c8ccccc8)n7)c6c5c4)c3)cc(-c3c([B])c([B])c([B])c([B])c3[B])c2)c([B])c1[B]. The molecule has 65 heavy (non-hydrogen) atoms. The van der Waals surface area contributed by atoms with Crippen molar-refractivity contribution >= 4 is 165 Å². The Kier molecular flexibility index (Phi) is 11.1. The molecule has 2 aromatic heterocycles. The summed E-state index contributed by atoms with van der Waals surface area (Å²) >= 11 is 1.72. The number of fused-ring (bicyclic) bond motifs is 3. The Morgan fingerprint density at radius 1 is 0.292 bits per heavy atom. The normalized spacial score (nSPS) is 11.4. The van der Waals surface area contributed by atoms with E-state index < -0.39 is 0 Å². The average Bonchev–Trinajstić information content (AvgIpc) is 3.73. The average molecular weight is 818 g/mol. The molecule has 0 atom stereocenters. The number of aromatic nitrogens is 3. The monoisotopic (exact) mass is 819 g/mol. The van der Waals surface area contributed by atoms with E-state index in [1.807, 2.05) is 91.0 Å². The molecule has 0 saturated heterocycles. The first kappa shape index (κ1) is 42.6. The van der Waals surface area contributed by atoms with Gasteiger partial charge < -0.3 is 0 Å². The maximum Gasteiger partial charge on any atom is 0.164 e. The quantitative estimate of drug-likeness (QED) is 0.231. The molecule has 2 heterocycles.